The third kappa shape index (κ3) is 3.35. The molecule has 0 aliphatic heterocycles. The zero-order valence-electron chi connectivity index (χ0n) is 12.5. The van der Waals surface area contributed by atoms with E-state index in [1.807, 2.05) is 36.4 Å². The third-order valence-corrected chi connectivity index (χ3v) is 3.46. The summed E-state index contributed by atoms with van der Waals surface area (Å²) in [4.78, 5) is 8.53. The fourth-order valence-electron chi connectivity index (χ4n) is 2.33. The molecule has 0 unspecified atom stereocenters. The second-order valence-corrected chi connectivity index (χ2v) is 5.04. The van der Waals surface area contributed by atoms with Crippen LogP contribution in [0, 0.1) is 5.82 Å². The summed E-state index contributed by atoms with van der Waals surface area (Å²) in [6.07, 6.45) is 3.14. The number of nitrogens with one attached hydrogen (secondary N) is 1. The van der Waals surface area contributed by atoms with E-state index in [2.05, 4.69) is 15.3 Å². The molecule has 0 fully saturated rings. The Morgan fingerprint density at radius 3 is 2.39 bits per heavy atom. The number of aromatic nitrogens is 2. The zero-order chi connectivity index (χ0) is 16.1. The summed E-state index contributed by atoms with van der Waals surface area (Å²) in [6, 6.07) is 14.7. The van der Waals surface area contributed by atoms with Gasteiger partial charge in [-0.15, -0.1) is 0 Å². The first kappa shape index (κ1) is 15.1. The molecule has 23 heavy (non-hydrogen) atoms. The third-order valence-electron chi connectivity index (χ3n) is 3.46. The van der Waals surface area contributed by atoms with Gasteiger partial charge in [0.05, 0.1) is 18.1 Å². The molecule has 0 amide bonds. The number of nitrogens with zero attached hydrogens (tertiary/aromatic N) is 2. The molecule has 0 saturated carbocycles. The zero-order valence-corrected chi connectivity index (χ0v) is 12.5. The van der Waals surface area contributed by atoms with E-state index >= 15 is 0 Å². The van der Waals surface area contributed by atoms with Gasteiger partial charge in [0.2, 0.25) is 0 Å². The van der Waals surface area contributed by atoms with Crippen molar-refractivity contribution in [1.82, 2.24) is 9.97 Å². The van der Waals surface area contributed by atoms with Crippen molar-refractivity contribution < 1.29 is 4.39 Å². The number of hydrogen-bond donors (Lipinski definition) is 2. The van der Waals surface area contributed by atoms with Crippen LogP contribution in [-0.4, -0.2) is 23.1 Å². The number of rotatable bonds is 5. The van der Waals surface area contributed by atoms with E-state index in [0.29, 0.717) is 35.7 Å². The van der Waals surface area contributed by atoms with Crippen LogP contribution in [0.15, 0.2) is 60.9 Å². The van der Waals surface area contributed by atoms with E-state index in [9.17, 15) is 4.39 Å². The first-order chi connectivity index (χ1) is 11.3. The topological polar surface area (TPSA) is 63.8 Å². The smallest absolute Gasteiger partial charge is 0.144 e. The Labute approximate surface area is 134 Å². The molecule has 0 spiro atoms. The van der Waals surface area contributed by atoms with Gasteiger partial charge in [0, 0.05) is 24.2 Å². The van der Waals surface area contributed by atoms with Gasteiger partial charge in [-0.3, -0.25) is 4.98 Å². The number of anilines is 1. The Morgan fingerprint density at radius 2 is 1.70 bits per heavy atom. The van der Waals surface area contributed by atoms with Crippen molar-refractivity contribution in [3.63, 3.8) is 0 Å². The van der Waals surface area contributed by atoms with Crippen LogP contribution >= 0.6 is 0 Å². The summed E-state index contributed by atoms with van der Waals surface area (Å²) >= 11 is 0. The summed E-state index contributed by atoms with van der Waals surface area (Å²) in [5.41, 5.74) is 7.75. The largest absolute Gasteiger partial charge is 0.368 e. The van der Waals surface area contributed by atoms with Crippen LogP contribution in [0.5, 0.6) is 0 Å². The molecule has 116 valence electrons. The van der Waals surface area contributed by atoms with E-state index in [1.54, 1.807) is 24.5 Å². The molecule has 2 aromatic carbocycles. The molecule has 1 aromatic heterocycles. The molecule has 0 aliphatic carbocycles. The van der Waals surface area contributed by atoms with Crippen molar-refractivity contribution in [3.8, 4) is 22.4 Å². The lowest BCUT2D eigenvalue weighted by Crippen LogP contribution is -2.14. The molecule has 4 nitrogen and oxygen atoms in total. The minimum atomic E-state index is -0.296. The van der Waals surface area contributed by atoms with Crippen LogP contribution in [0.25, 0.3) is 22.4 Å². The highest BCUT2D eigenvalue weighted by atomic mass is 19.1. The Hall–Kier alpha value is -2.79. The number of nitrogens with two attached hydrogens (primary N) is 1. The van der Waals surface area contributed by atoms with Crippen LogP contribution in [0.3, 0.4) is 0 Å². The van der Waals surface area contributed by atoms with E-state index in [4.69, 9.17) is 5.73 Å². The average molecular weight is 308 g/mol. The van der Waals surface area contributed by atoms with Crippen molar-refractivity contribution in [2.45, 2.75) is 0 Å². The van der Waals surface area contributed by atoms with E-state index in [-0.39, 0.29) is 5.82 Å². The summed E-state index contributed by atoms with van der Waals surface area (Å²) in [5, 5.41) is 3.03. The van der Waals surface area contributed by atoms with Crippen molar-refractivity contribution in [1.29, 1.82) is 0 Å². The minimum Gasteiger partial charge on any atom is -0.368 e. The maximum atomic E-state index is 14.8. The maximum absolute atomic E-state index is 14.8. The molecule has 1 heterocycles. The lowest BCUT2D eigenvalue weighted by atomic mass is 10.0. The first-order valence-electron chi connectivity index (χ1n) is 7.40. The van der Waals surface area contributed by atoms with Gasteiger partial charge in [0.15, 0.2) is 0 Å². The van der Waals surface area contributed by atoms with Gasteiger partial charge >= 0.3 is 0 Å². The van der Waals surface area contributed by atoms with Crippen molar-refractivity contribution >= 4 is 5.82 Å². The predicted octanol–water partition coefficient (Wildman–Crippen LogP) is 3.32. The summed E-state index contributed by atoms with van der Waals surface area (Å²) in [7, 11) is 0. The van der Waals surface area contributed by atoms with Crippen molar-refractivity contribution in [3.05, 3.63) is 66.7 Å². The quantitative estimate of drug-likeness (QED) is 0.759. The Kier molecular flexibility index (Phi) is 4.59. The van der Waals surface area contributed by atoms with Crippen LogP contribution < -0.4 is 11.1 Å². The highest BCUT2D eigenvalue weighted by molar-refractivity contribution is 5.72. The molecule has 3 aromatic rings. The highest BCUT2D eigenvalue weighted by Gasteiger charge is 2.12. The summed E-state index contributed by atoms with van der Waals surface area (Å²) in [6.45, 7) is 1.13. The normalized spacial score (nSPS) is 10.5. The summed E-state index contributed by atoms with van der Waals surface area (Å²) < 4.78 is 14.8. The van der Waals surface area contributed by atoms with Crippen molar-refractivity contribution in [2.75, 3.05) is 18.4 Å². The van der Waals surface area contributed by atoms with Crippen LogP contribution in [0.2, 0.25) is 0 Å². The lowest BCUT2D eigenvalue weighted by Gasteiger charge is -2.09. The SMILES string of the molecule is NCCNc1cnc(-c2cccc(-c3ccccc3)c2F)cn1. The fraction of sp³-hybridized carbons (Fsp3) is 0.111. The molecule has 0 radical (unpaired) electrons. The molecule has 3 N–H and O–H groups in total. The lowest BCUT2D eigenvalue weighted by molar-refractivity contribution is 0.634. The van der Waals surface area contributed by atoms with E-state index in [0.717, 1.165) is 5.56 Å². The molecule has 0 aliphatic rings. The first-order valence-corrected chi connectivity index (χ1v) is 7.40. The number of benzene rings is 2. The Balaban J connectivity index is 1.94. The Morgan fingerprint density at radius 1 is 0.913 bits per heavy atom. The van der Waals surface area contributed by atoms with Crippen LogP contribution in [0.4, 0.5) is 10.2 Å². The van der Waals surface area contributed by atoms with Gasteiger partial charge in [0.25, 0.3) is 0 Å². The van der Waals surface area contributed by atoms with Crippen molar-refractivity contribution in [2.24, 2.45) is 5.73 Å². The molecule has 0 saturated heterocycles. The van der Waals surface area contributed by atoms with Gasteiger partial charge in [-0.25, -0.2) is 9.37 Å². The monoisotopic (exact) mass is 308 g/mol. The molecular formula is C18H17FN4. The van der Waals surface area contributed by atoms with Crippen LogP contribution in [-0.2, 0) is 0 Å². The molecule has 0 atom stereocenters. The van der Waals surface area contributed by atoms with Gasteiger partial charge in [-0.2, -0.15) is 0 Å². The molecular weight excluding hydrogens is 291 g/mol. The average Bonchev–Trinajstić information content (AvgIpc) is 2.61. The van der Waals surface area contributed by atoms with Gasteiger partial charge < -0.3 is 11.1 Å². The molecule has 0 bridgehead atoms. The predicted molar refractivity (Wildman–Crippen MR) is 90.4 cm³/mol. The van der Waals surface area contributed by atoms with E-state index < -0.39 is 0 Å². The minimum absolute atomic E-state index is 0.296. The second-order valence-electron chi connectivity index (χ2n) is 5.04. The maximum Gasteiger partial charge on any atom is 0.144 e. The van der Waals surface area contributed by atoms with Gasteiger partial charge in [-0.1, -0.05) is 42.5 Å². The standard InChI is InChI=1S/C18H17FN4/c19-18-14(13-5-2-1-3-6-13)7-4-8-15(18)16-11-23-17(12-22-16)21-10-9-20/h1-8,11-12H,9-10,20H2,(H,21,23). The fourth-order valence-corrected chi connectivity index (χ4v) is 2.33. The summed E-state index contributed by atoms with van der Waals surface area (Å²) in [5.74, 6) is 0.328. The van der Waals surface area contributed by atoms with Gasteiger partial charge in [0.1, 0.15) is 11.6 Å². The van der Waals surface area contributed by atoms with Crippen LogP contribution in [0.1, 0.15) is 0 Å². The number of hydrogen-bond acceptors (Lipinski definition) is 4. The number of halogens is 1. The highest BCUT2D eigenvalue weighted by Crippen LogP contribution is 2.29. The molecule has 3 rings (SSSR count). The van der Waals surface area contributed by atoms with E-state index in [1.165, 1.54) is 0 Å². The second kappa shape index (κ2) is 6.98. The molecule has 5 heteroatoms. The van der Waals surface area contributed by atoms with Gasteiger partial charge in [-0.05, 0) is 11.6 Å². The Bertz CT molecular complexity index is 773.